The first-order chi connectivity index (χ1) is 4.33. The standard InChI is InChI=1S/C6H8N2O/c7-4-5-3-6(9)1-2-8-5/h1-2H,3-4,7H2. The third-order valence-corrected chi connectivity index (χ3v) is 1.13. The quantitative estimate of drug-likeness (QED) is 0.529. The lowest BCUT2D eigenvalue weighted by Gasteiger charge is -2.01. The molecule has 0 aliphatic carbocycles. The molecule has 0 fully saturated rings. The Bertz CT molecular complexity index is 181. The van der Waals surface area contributed by atoms with Crippen LogP contribution in [0.2, 0.25) is 0 Å². The van der Waals surface area contributed by atoms with Crippen LogP contribution in [0.1, 0.15) is 6.42 Å². The molecule has 1 rings (SSSR count). The summed E-state index contributed by atoms with van der Waals surface area (Å²) >= 11 is 0. The average molecular weight is 124 g/mol. The predicted octanol–water partition coefficient (Wildman–Crippen LogP) is -0.127. The first-order valence-electron chi connectivity index (χ1n) is 2.78. The fraction of sp³-hybridized carbons (Fsp3) is 0.333. The molecule has 0 saturated carbocycles. The zero-order chi connectivity index (χ0) is 6.69. The first-order valence-corrected chi connectivity index (χ1v) is 2.78. The fourth-order valence-electron chi connectivity index (χ4n) is 0.656. The van der Waals surface area contributed by atoms with E-state index in [9.17, 15) is 4.79 Å². The molecule has 0 amide bonds. The summed E-state index contributed by atoms with van der Waals surface area (Å²) < 4.78 is 0. The summed E-state index contributed by atoms with van der Waals surface area (Å²) in [4.78, 5) is 14.5. The minimum Gasteiger partial charge on any atom is -0.325 e. The van der Waals surface area contributed by atoms with E-state index in [1.807, 2.05) is 0 Å². The number of nitrogens with zero attached hydrogens (tertiary/aromatic N) is 1. The van der Waals surface area contributed by atoms with Crippen LogP contribution in [-0.2, 0) is 4.79 Å². The van der Waals surface area contributed by atoms with E-state index < -0.39 is 0 Å². The van der Waals surface area contributed by atoms with Gasteiger partial charge in [0.1, 0.15) is 0 Å². The summed E-state index contributed by atoms with van der Waals surface area (Å²) in [6.07, 6.45) is 3.35. The molecule has 1 aliphatic heterocycles. The largest absolute Gasteiger partial charge is 0.325 e. The number of hydrogen-bond donors (Lipinski definition) is 1. The lowest BCUT2D eigenvalue weighted by molar-refractivity contribution is -0.113. The molecule has 1 heterocycles. The zero-order valence-electron chi connectivity index (χ0n) is 5.00. The van der Waals surface area contributed by atoms with Crippen LogP contribution in [0.15, 0.2) is 17.3 Å². The van der Waals surface area contributed by atoms with Gasteiger partial charge in [0.05, 0.1) is 6.42 Å². The highest BCUT2D eigenvalue weighted by atomic mass is 16.1. The van der Waals surface area contributed by atoms with Crippen molar-refractivity contribution in [2.45, 2.75) is 6.42 Å². The van der Waals surface area contributed by atoms with Crippen LogP contribution >= 0.6 is 0 Å². The molecule has 0 radical (unpaired) electrons. The molecule has 0 unspecified atom stereocenters. The number of hydrogen-bond acceptors (Lipinski definition) is 3. The molecule has 1 aliphatic rings. The molecule has 0 aromatic heterocycles. The lowest BCUT2D eigenvalue weighted by Crippen LogP contribution is -2.18. The van der Waals surface area contributed by atoms with Crippen LogP contribution in [0.4, 0.5) is 0 Å². The van der Waals surface area contributed by atoms with Gasteiger partial charge < -0.3 is 5.73 Å². The lowest BCUT2D eigenvalue weighted by atomic mass is 10.1. The number of ketones is 1. The van der Waals surface area contributed by atoms with Crippen molar-refractivity contribution in [1.29, 1.82) is 0 Å². The third kappa shape index (κ3) is 1.47. The van der Waals surface area contributed by atoms with E-state index in [1.54, 1.807) is 0 Å². The number of carbonyl (C=O) groups excluding carboxylic acids is 1. The van der Waals surface area contributed by atoms with E-state index >= 15 is 0 Å². The van der Waals surface area contributed by atoms with Crippen molar-refractivity contribution in [3.05, 3.63) is 12.3 Å². The molecule has 0 spiro atoms. The zero-order valence-corrected chi connectivity index (χ0v) is 5.00. The van der Waals surface area contributed by atoms with E-state index in [0.29, 0.717) is 13.0 Å². The monoisotopic (exact) mass is 124 g/mol. The van der Waals surface area contributed by atoms with Crippen LogP contribution in [0.25, 0.3) is 0 Å². The van der Waals surface area contributed by atoms with Gasteiger partial charge in [-0.15, -0.1) is 0 Å². The summed E-state index contributed by atoms with van der Waals surface area (Å²) in [5.41, 5.74) is 6.01. The molecule has 0 saturated heterocycles. The van der Waals surface area contributed by atoms with Gasteiger partial charge in [0.15, 0.2) is 5.78 Å². The third-order valence-electron chi connectivity index (χ3n) is 1.13. The van der Waals surface area contributed by atoms with Crippen molar-refractivity contribution >= 4 is 11.5 Å². The van der Waals surface area contributed by atoms with E-state index in [0.717, 1.165) is 5.71 Å². The van der Waals surface area contributed by atoms with Crippen LogP contribution in [0.3, 0.4) is 0 Å². The molecular weight excluding hydrogens is 116 g/mol. The van der Waals surface area contributed by atoms with Gasteiger partial charge in [-0.2, -0.15) is 0 Å². The van der Waals surface area contributed by atoms with Gasteiger partial charge >= 0.3 is 0 Å². The molecule has 3 nitrogen and oxygen atoms in total. The van der Waals surface area contributed by atoms with Crippen molar-refractivity contribution in [1.82, 2.24) is 0 Å². The highest BCUT2D eigenvalue weighted by molar-refractivity contribution is 6.09. The predicted molar refractivity (Wildman–Crippen MR) is 35.3 cm³/mol. The molecule has 2 N–H and O–H groups in total. The summed E-state index contributed by atoms with van der Waals surface area (Å²) in [6.45, 7) is 0.385. The van der Waals surface area contributed by atoms with Crippen molar-refractivity contribution in [3.63, 3.8) is 0 Å². The fourth-order valence-corrected chi connectivity index (χ4v) is 0.656. The van der Waals surface area contributed by atoms with E-state index in [2.05, 4.69) is 4.99 Å². The number of nitrogens with two attached hydrogens (primary N) is 1. The molecule has 0 aromatic rings. The molecule has 0 bridgehead atoms. The van der Waals surface area contributed by atoms with Gasteiger partial charge in [-0.3, -0.25) is 9.79 Å². The Kier molecular flexibility index (Phi) is 1.75. The van der Waals surface area contributed by atoms with Gasteiger partial charge in [0.2, 0.25) is 0 Å². The van der Waals surface area contributed by atoms with Gasteiger partial charge in [-0.05, 0) is 6.08 Å². The number of aliphatic imine (C=N–C) groups is 1. The maximum Gasteiger partial charge on any atom is 0.162 e. The van der Waals surface area contributed by atoms with Gasteiger partial charge in [0, 0.05) is 18.5 Å². The second kappa shape index (κ2) is 2.55. The van der Waals surface area contributed by atoms with Crippen molar-refractivity contribution in [3.8, 4) is 0 Å². The Labute approximate surface area is 53.3 Å². The van der Waals surface area contributed by atoms with Crippen molar-refractivity contribution < 1.29 is 4.79 Å². The maximum atomic E-state index is 10.6. The van der Waals surface area contributed by atoms with Crippen LogP contribution in [0, 0.1) is 0 Å². The maximum absolute atomic E-state index is 10.6. The van der Waals surface area contributed by atoms with Gasteiger partial charge in [-0.1, -0.05) is 0 Å². The smallest absolute Gasteiger partial charge is 0.162 e. The Hall–Kier alpha value is -0.960. The number of allylic oxidation sites excluding steroid dienone is 1. The van der Waals surface area contributed by atoms with E-state index in [-0.39, 0.29) is 5.78 Å². The minimum atomic E-state index is 0.0884. The Morgan fingerprint density at radius 1 is 1.78 bits per heavy atom. The van der Waals surface area contributed by atoms with Crippen LogP contribution < -0.4 is 5.73 Å². The average Bonchev–Trinajstić information content (AvgIpc) is 1.88. The van der Waals surface area contributed by atoms with Crippen molar-refractivity contribution in [2.75, 3.05) is 6.54 Å². The number of rotatable bonds is 1. The summed E-state index contributed by atoms with van der Waals surface area (Å²) in [7, 11) is 0. The minimum absolute atomic E-state index is 0.0884. The number of carbonyl (C=O) groups is 1. The molecular formula is C6H8N2O. The molecule has 0 atom stereocenters. The Balaban J connectivity index is 2.65. The molecule has 9 heavy (non-hydrogen) atoms. The topological polar surface area (TPSA) is 55.4 Å². The van der Waals surface area contributed by atoms with Gasteiger partial charge in [0.25, 0.3) is 0 Å². The highest BCUT2D eigenvalue weighted by Gasteiger charge is 2.05. The molecule has 48 valence electrons. The normalized spacial score (nSPS) is 17.9. The SMILES string of the molecule is NCC1=NC=CC(=O)C1. The Morgan fingerprint density at radius 3 is 3.00 bits per heavy atom. The highest BCUT2D eigenvalue weighted by Crippen LogP contribution is 1.96. The molecule has 0 aromatic carbocycles. The van der Waals surface area contributed by atoms with Gasteiger partial charge in [-0.25, -0.2) is 0 Å². The van der Waals surface area contributed by atoms with Crippen molar-refractivity contribution in [2.24, 2.45) is 10.7 Å². The second-order valence-electron chi connectivity index (χ2n) is 1.86. The van der Waals surface area contributed by atoms with Crippen LogP contribution in [-0.4, -0.2) is 18.0 Å². The van der Waals surface area contributed by atoms with E-state index in [1.165, 1.54) is 12.3 Å². The second-order valence-corrected chi connectivity index (χ2v) is 1.86. The van der Waals surface area contributed by atoms with E-state index in [4.69, 9.17) is 5.73 Å². The summed E-state index contributed by atoms with van der Waals surface area (Å²) in [6, 6.07) is 0. The first kappa shape index (κ1) is 6.16. The van der Waals surface area contributed by atoms with Crippen LogP contribution in [0.5, 0.6) is 0 Å². The molecule has 3 heteroatoms. The summed E-state index contributed by atoms with van der Waals surface area (Å²) in [5.74, 6) is 0.0884. The summed E-state index contributed by atoms with van der Waals surface area (Å²) in [5, 5.41) is 0. The Morgan fingerprint density at radius 2 is 2.56 bits per heavy atom.